The van der Waals surface area contributed by atoms with Gasteiger partial charge in [0.05, 0.1) is 5.69 Å². The molecule has 140 valence electrons. The molecule has 1 amide bonds. The number of nitrogens with one attached hydrogen (secondary N) is 1. The number of halogens is 1. The lowest BCUT2D eigenvalue weighted by Crippen LogP contribution is -2.45. The van der Waals surface area contributed by atoms with Gasteiger partial charge in [-0.25, -0.2) is 4.39 Å². The van der Waals surface area contributed by atoms with Gasteiger partial charge in [-0.3, -0.25) is 9.48 Å². The fourth-order valence-corrected chi connectivity index (χ4v) is 3.17. The topological polar surface area (TPSA) is 46.9 Å². The van der Waals surface area contributed by atoms with Crippen LogP contribution in [0.2, 0.25) is 0 Å². The van der Waals surface area contributed by atoms with Crippen molar-refractivity contribution in [3.63, 3.8) is 0 Å². The monoisotopic (exact) mass is 365 g/mol. The zero-order valence-corrected chi connectivity index (χ0v) is 16.1. The van der Waals surface area contributed by atoms with Gasteiger partial charge < -0.3 is 5.32 Å². The van der Waals surface area contributed by atoms with Gasteiger partial charge in [0.2, 0.25) is 0 Å². The number of amides is 1. The first kappa shape index (κ1) is 18.8. The highest BCUT2D eigenvalue weighted by Gasteiger charge is 2.24. The molecule has 0 aliphatic carbocycles. The van der Waals surface area contributed by atoms with Gasteiger partial charge in [0.15, 0.2) is 5.69 Å². The Morgan fingerprint density at radius 1 is 1.15 bits per heavy atom. The van der Waals surface area contributed by atoms with Crippen molar-refractivity contribution in [1.29, 1.82) is 0 Å². The Hall–Kier alpha value is -2.95. The first-order chi connectivity index (χ1) is 12.7. The molecular formula is C22H24FN3O. The molecule has 0 spiro atoms. The van der Waals surface area contributed by atoms with Crippen molar-refractivity contribution in [1.82, 2.24) is 15.1 Å². The van der Waals surface area contributed by atoms with Crippen LogP contribution < -0.4 is 5.32 Å². The number of hydrogen-bond acceptors (Lipinski definition) is 2. The predicted molar refractivity (Wildman–Crippen MR) is 105 cm³/mol. The Balaban J connectivity index is 1.78. The summed E-state index contributed by atoms with van der Waals surface area (Å²) in [4.78, 5) is 12.7. The van der Waals surface area contributed by atoms with E-state index in [0.29, 0.717) is 11.3 Å². The lowest BCUT2D eigenvalue weighted by atomic mass is 9.95. The van der Waals surface area contributed by atoms with E-state index in [0.717, 1.165) is 23.2 Å². The molecular weight excluding hydrogens is 341 g/mol. The van der Waals surface area contributed by atoms with Gasteiger partial charge in [-0.1, -0.05) is 30.3 Å². The molecule has 0 fully saturated rings. The fourth-order valence-electron chi connectivity index (χ4n) is 3.17. The summed E-state index contributed by atoms with van der Waals surface area (Å²) in [5, 5.41) is 7.40. The van der Waals surface area contributed by atoms with Gasteiger partial charge in [0.1, 0.15) is 5.82 Å². The molecule has 2 aromatic carbocycles. The van der Waals surface area contributed by atoms with Crippen LogP contribution in [-0.2, 0) is 13.5 Å². The van der Waals surface area contributed by atoms with Crippen molar-refractivity contribution < 1.29 is 9.18 Å². The summed E-state index contributed by atoms with van der Waals surface area (Å²) < 4.78 is 15.2. The molecule has 3 rings (SSSR count). The van der Waals surface area contributed by atoms with Crippen LogP contribution in [0.15, 0.2) is 54.6 Å². The molecule has 4 nitrogen and oxygen atoms in total. The van der Waals surface area contributed by atoms with Crippen LogP contribution in [0.4, 0.5) is 4.39 Å². The largest absolute Gasteiger partial charge is 0.345 e. The molecule has 0 aliphatic rings. The second kappa shape index (κ2) is 7.35. The van der Waals surface area contributed by atoms with Crippen molar-refractivity contribution in [2.75, 3.05) is 0 Å². The number of hydrogen-bond donors (Lipinski definition) is 1. The van der Waals surface area contributed by atoms with Crippen molar-refractivity contribution >= 4 is 5.91 Å². The number of carbonyl (C=O) groups is 1. The highest BCUT2D eigenvalue weighted by Crippen LogP contribution is 2.23. The predicted octanol–water partition coefficient (Wildman–Crippen LogP) is 4.29. The van der Waals surface area contributed by atoms with Gasteiger partial charge in [-0.05, 0) is 62.6 Å². The number of aryl methyl sites for hydroxylation is 2. The SMILES string of the molecule is Cc1cc(-c2cc(C(=O)NC(C)(C)Cc3ccccc3)nn2C)ccc1F. The van der Waals surface area contributed by atoms with Crippen LogP contribution in [0.25, 0.3) is 11.3 Å². The summed E-state index contributed by atoms with van der Waals surface area (Å²) in [6, 6.07) is 16.7. The Kier molecular flexibility index (Phi) is 5.13. The molecule has 3 aromatic rings. The summed E-state index contributed by atoms with van der Waals surface area (Å²) in [7, 11) is 1.78. The van der Waals surface area contributed by atoms with E-state index in [1.165, 1.54) is 6.07 Å². The summed E-state index contributed by atoms with van der Waals surface area (Å²) in [6.45, 7) is 5.70. The third-order valence-corrected chi connectivity index (χ3v) is 4.51. The summed E-state index contributed by atoms with van der Waals surface area (Å²) >= 11 is 0. The summed E-state index contributed by atoms with van der Waals surface area (Å²) in [5.41, 5.74) is 3.24. The van der Waals surface area contributed by atoms with E-state index in [2.05, 4.69) is 10.4 Å². The molecule has 1 N–H and O–H groups in total. The minimum Gasteiger partial charge on any atom is -0.345 e. The highest BCUT2D eigenvalue weighted by atomic mass is 19.1. The highest BCUT2D eigenvalue weighted by molar-refractivity contribution is 5.94. The van der Waals surface area contributed by atoms with Crippen LogP contribution in [0.1, 0.15) is 35.5 Å². The standard InChI is InChI=1S/C22H24FN3O/c1-15-12-17(10-11-18(15)23)20-13-19(25-26(20)4)21(27)24-22(2,3)14-16-8-6-5-7-9-16/h5-13H,14H2,1-4H3,(H,24,27). The average Bonchev–Trinajstić information content (AvgIpc) is 2.99. The van der Waals surface area contributed by atoms with Gasteiger partial charge in [0.25, 0.3) is 5.91 Å². The van der Waals surface area contributed by atoms with Gasteiger partial charge >= 0.3 is 0 Å². The first-order valence-electron chi connectivity index (χ1n) is 8.92. The van der Waals surface area contributed by atoms with E-state index in [4.69, 9.17) is 0 Å². The fraction of sp³-hybridized carbons (Fsp3) is 0.273. The number of nitrogens with zero attached hydrogens (tertiary/aromatic N) is 2. The number of aromatic nitrogens is 2. The van der Waals surface area contributed by atoms with Crippen LogP contribution >= 0.6 is 0 Å². The van der Waals surface area contributed by atoms with E-state index in [1.807, 2.05) is 44.2 Å². The zero-order valence-electron chi connectivity index (χ0n) is 16.1. The van der Waals surface area contributed by atoms with Gasteiger partial charge in [-0.2, -0.15) is 5.10 Å². The molecule has 0 saturated heterocycles. The molecule has 0 atom stereocenters. The lowest BCUT2D eigenvalue weighted by molar-refractivity contribution is 0.0907. The van der Waals surface area contributed by atoms with E-state index in [-0.39, 0.29) is 11.7 Å². The van der Waals surface area contributed by atoms with E-state index < -0.39 is 5.54 Å². The van der Waals surface area contributed by atoms with E-state index in [9.17, 15) is 9.18 Å². The molecule has 0 bridgehead atoms. The zero-order chi connectivity index (χ0) is 19.6. The smallest absolute Gasteiger partial charge is 0.272 e. The minimum atomic E-state index is -0.414. The van der Waals surface area contributed by atoms with Crippen molar-refractivity contribution in [2.45, 2.75) is 32.7 Å². The van der Waals surface area contributed by atoms with Crippen LogP contribution in [0.5, 0.6) is 0 Å². The van der Waals surface area contributed by atoms with Gasteiger partial charge in [-0.15, -0.1) is 0 Å². The Bertz CT molecular complexity index is 961. The molecule has 27 heavy (non-hydrogen) atoms. The van der Waals surface area contributed by atoms with E-state index >= 15 is 0 Å². The maximum absolute atomic E-state index is 13.5. The third kappa shape index (κ3) is 4.42. The number of rotatable bonds is 5. The normalized spacial score (nSPS) is 11.4. The van der Waals surface area contributed by atoms with Gasteiger partial charge in [0, 0.05) is 18.2 Å². The molecule has 5 heteroatoms. The van der Waals surface area contributed by atoms with Crippen molar-refractivity contribution in [2.24, 2.45) is 7.05 Å². The minimum absolute atomic E-state index is 0.225. The maximum Gasteiger partial charge on any atom is 0.272 e. The van der Waals surface area contributed by atoms with Crippen LogP contribution in [-0.4, -0.2) is 21.2 Å². The lowest BCUT2D eigenvalue weighted by Gasteiger charge is -2.26. The third-order valence-electron chi connectivity index (χ3n) is 4.51. The van der Waals surface area contributed by atoms with Crippen molar-refractivity contribution in [3.05, 3.63) is 77.2 Å². The van der Waals surface area contributed by atoms with E-state index in [1.54, 1.807) is 36.9 Å². The summed E-state index contributed by atoms with van der Waals surface area (Å²) in [6.07, 6.45) is 0.719. The van der Waals surface area contributed by atoms with Crippen molar-refractivity contribution in [3.8, 4) is 11.3 Å². The molecule has 0 saturated carbocycles. The maximum atomic E-state index is 13.5. The molecule has 0 unspecified atom stereocenters. The quantitative estimate of drug-likeness (QED) is 0.733. The van der Waals surface area contributed by atoms with Crippen LogP contribution in [0.3, 0.4) is 0 Å². The Morgan fingerprint density at radius 3 is 2.52 bits per heavy atom. The number of carbonyl (C=O) groups excluding carboxylic acids is 1. The second-order valence-electron chi connectivity index (χ2n) is 7.50. The second-order valence-corrected chi connectivity index (χ2v) is 7.50. The first-order valence-corrected chi connectivity index (χ1v) is 8.92. The molecule has 0 radical (unpaired) electrons. The van der Waals surface area contributed by atoms with Crippen LogP contribution in [0, 0.1) is 12.7 Å². The number of benzene rings is 2. The molecule has 1 heterocycles. The molecule has 1 aromatic heterocycles. The Morgan fingerprint density at radius 2 is 1.85 bits per heavy atom. The average molecular weight is 365 g/mol. The molecule has 0 aliphatic heterocycles. The summed E-state index contributed by atoms with van der Waals surface area (Å²) in [5.74, 6) is -0.474. The Labute approximate surface area is 159 Å².